The van der Waals surface area contributed by atoms with E-state index in [1.54, 1.807) is 0 Å². The van der Waals surface area contributed by atoms with E-state index in [2.05, 4.69) is 4.72 Å². The number of hydrogen-bond donors (Lipinski definition) is 1. The van der Waals surface area contributed by atoms with E-state index in [1.807, 2.05) is 0 Å². The molecular weight excluding hydrogens is 372 g/mol. The summed E-state index contributed by atoms with van der Waals surface area (Å²) >= 11 is 0. The fourth-order valence-electron chi connectivity index (χ4n) is 1.91. The highest BCUT2D eigenvalue weighted by atomic mass is 32.2. The van der Waals surface area contributed by atoms with E-state index in [-0.39, 0.29) is 0 Å². The Morgan fingerprint density at radius 1 is 1.16 bits per heavy atom. The van der Waals surface area contributed by atoms with Crippen molar-refractivity contribution in [2.24, 2.45) is 0 Å². The molecule has 1 unspecified atom stereocenters. The van der Waals surface area contributed by atoms with Crippen LogP contribution < -0.4 is 4.72 Å². The molecule has 25 heavy (non-hydrogen) atoms. The van der Waals surface area contributed by atoms with E-state index in [1.165, 1.54) is 20.8 Å². The molecule has 0 amide bonds. The van der Waals surface area contributed by atoms with Crippen LogP contribution in [-0.4, -0.2) is 27.6 Å². The Hall–Kier alpha value is -1.42. The smallest absolute Gasteiger partial charge is 0.289 e. The number of rotatable bonds is 6. The summed E-state index contributed by atoms with van der Waals surface area (Å²) in [5.74, 6) is -5.40. The van der Waals surface area contributed by atoms with Gasteiger partial charge in [0.1, 0.15) is 6.67 Å². The number of ketones is 1. The molecule has 0 aliphatic carbocycles. The molecule has 0 radical (unpaired) electrons. The van der Waals surface area contributed by atoms with Crippen molar-refractivity contribution < 1.29 is 35.3 Å². The quantitative estimate of drug-likeness (QED) is 0.754. The Morgan fingerprint density at radius 3 is 2.16 bits per heavy atom. The zero-order valence-corrected chi connectivity index (χ0v) is 14.5. The summed E-state index contributed by atoms with van der Waals surface area (Å²) in [7, 11) is -2.16. The number of nitrogens with one attached hydrogen (secondary N) is 1. The Balaban J connectivity index is 3.50. The van der Waals surface area contributed by atoms with Crippen molar-refractivity contribution in [3.63, 3.8) is 0 Å². The van der Waals surface area contributed by atoms with E-state index in [0.717, 1.165) is 12.1 Å². The average Bonchev–Trinajstić information content (AvgIpc) is 2.47. The average molecular weight is 389 g/mol. The van der Waals surface area contributed by atoms with Crippen LogP contribution in [0.3, 0.4) is 0 Å². The van der Waals surface area contributed by atoms with Crippen molar-refractivity contribution in [1.82, 2.24) is 4.72 Å². The lowest BCUT2D eigenvalue weighted by Crippen LogP contribution is -2.52. The van der Waals surface area contributed by atoms with Crippen molar-refractivity contribution in [3.05, 3.63) is 35.4 Å². The fraction of sp³-hybridized carbons (Fsp3) is 0.533. The van der Waals surface area contributed by atoms with Crippen molar-refractivity contribution in [2.75, 3.05) is 6.67 Å². The van der Waals surface area contributed by atoms with Crippen molar-refractivity contribution in [3.8, 4) is 0 Å². The number of alkyl halides is 4. The van der Waals surface area contributed by atoms with Gasteiger partial charge in [-0.05, 0) is 26.8 Å². The van der Waals surface area contributed by atoms with Gasteiger partial charge in [-0.15, -0.1) is 0 Å². The molecule has 0 spiro atoms. The van der Waals surface area contributed by atoms with Gasteiger partial charge in [0.05, 0.1) is 21.3 Å². The third kappa shape index (κ3) is 5.04. The van der Waals surface area contributed by atoms with E-state index >= 15 is 0 Å². The van der Waals surface area contributed by atoms with Crippen LogP contribution in [0.15, 0.2) is 18.2 Å². The van der Waals surface area contributed by atoms with Gasteiger partial charge in [-0.25, -0.2) is 22.1 Å². The molecule has 0 saturated carbocycles. The Bertz CT molecular complexity index is 641. The van der Waals surface area contributed by atoms with Crippen LogP contribution in [0.5, 0.6) is 0 Å². The minimum absolute atomic E-state index is 0.689. The third-order valence-corrected chi connectivity index (χ3v) is 5.01. The third-order valence-electron chi connectivity index (χ3n) is 3.32. The first-order valence-corrected chi connectivity index (χ1v) is 8.20. The summed E-state index contributed by atoms with van der Waals surface area (Å²) < 4.78 is 92.6. The Kier molecular flexibility index (Phi) is 6.44. The molecule has 0 saturated heterocycles. The largest absolute Gasteiger partial charge is 0.450 e. The molecule has 1 rings (SSSR count). The predicted octanol–water partition coefficient (Wildman–Crippen LogP) is 3.70. The zero-order chi connectivity index (χ0) is 19.6. The maximum atomic E-state index is 14.1. The maximum Gasteiger partial charge on any atom is 0.450 e. The molecule has 1 aromatic rings. The number of benzene rings is 1. The first-order valence-electron chi connectivity index (χ1n) is 7.05. The van der Waals surface area contributed by atoms with Crippen molar-refractivity contribution in [2.45, 2.75) is 43.7 Å². The lowest BCUT2D eigenvalue weighted by atomic mass is 9.86. The Labute approximate surface area is 143 Å². The van der Waals surface area contributed by atoms with Gasteiger partial charge in [-0.2, -0.15) is 13.2 Å². The summed E-state index contributed by atoms with van der Waals surface area (Å²) in [6.45, 7) is 2.60. The summed E-state index contributed by atoms with van der Waals surface area (Å²) in [6, 6.07) is 2.49. The van der Waals surface area contributed by atoms with Crippen molar-refractivity contribution >= 4 is 16.8 Å². The monoisotopic (exact) mass is 389 g/mol. The number of carbonyl (C=O) groups excluding carboxylic acids is 1. The van der Waals surface area contributed by atoms with Gasteiger partial charge in [0.25, 0.3) is 0 Å². The van der Waals surface area contributed by atoms with Gasteiger partial charge in [0.2, 0.25) is 5.78 Å². The Morgan fingerprint density at radius 2 is 1.72 bits per heavy atom. The maximum absolute atomic E-state index is 14.1. The van der Waals surface area contributed by atoms with E-state index in [9.17, 15) is 35.3 Å². The van der Waals surface area contributed by atoms with Gasteiger partial charge >= 0.3 is 6.18 Å². The molecule has 1 aromatic carbocycles. The van der Waals surface area contributed by atoms with E-state index in [0.29, 0.717) is 6.07 Å². The topological polar surface area (TPSA) is 46.2 Å². The van der Waals surface area contributed by atoms with Crippen LogP contribution in [0.4, 0.5) is 26.3 Å². The van der Waals surface area contributed by atoms with Crippen LogP contribution in [0.2, 0.25) is 0 Å². The molecular formula is C15H17F6NO2S. The van der Waals surface area contributed by atoms with Crippen molar-refractivity contribution in [1.29, 1.82) is 0 Å². The number of hydrogen-bond acceptors (Lipinski definition) is 2. The molecule has 0 bridgehead atoms. The SMILES string of the molecule is CC(C)(C)[S@@](=O)NC(CF)(CC(=O)C(F)(F)F)c1cccc(F)c1F. The summed E-state index contributed by atoms with van der Waals surface area (Å²) in [6.07, 6.45) is -6.88. The lowest BCUT2D eigenvalue weighted by Gasteiger charge is -2.34. The second kappa shape index (κ2) is 7.45. The lowest BCUT2D eigenvalue weighted by molar-refractivity contribution is -0.172. The molecule has 0 heterocycles. The summed E-state index contributed by atoms with van der Waals surface area (Å²) in [5, 5.41) is 0. The molecule has 3 nitrogen and oxygen atoms in total. The zero-order valence-electron chi connectivity index (χ0n) is 13.6. The first kappa shape index (κ1) is 21.6. The highest BCUT2D eigenvalue weighted by Crippen LogP contribution is 2.34. The van der Waals surface area contributed by atoms with Crippen LogP contribution in [0.25, 0.3) is 0 Å². The molecule has 142 valence electrons. The van der Waals surface area contributed by atoms with Gasteiger partial charge in [-0.3, -0.25) is 4.79 Å². The summed E-state index contributed by atoms with van der Waals surface area (Å²) in [4.78, 5) is 11.4. The fourth-order valence-corrected chi connectivity index (χ4v) is 2.81. The highest BCUT2D eigenvalue weighted by Gasteiger charge is 2.48. The molecule has 0 aromatic heterocycles. The molecule has 10 heteroatoms. The van der Waals surface area contributed by atoms with Gasteiger partial charge in [0.15, 0.2) is 11.6 Å². The van der Waals surface area contributed by atoms with Crippen LogP contribution in [0.1, 0.15) is 32.8 Å². The standard InChI is InChI=1S/C15H17F6NO2S/c1-13(2,3)25(24)22-14(8-16,7-11(23)15(19,20)21)9-5-4-6-10(17)12(9)18/h4-6,22H,7-8H2,1-3H3/t14?,25-/m1/s1. The van der Waals surface area contributed by atoms with Crippen LogP contribution >= 0.6 is 0 Å². The second-order valence-electron chi connectivity index (χ2n) is 6.40. The predicted molar refractivity (Wildman–Crippen MR) is 80.7 cm³/mol. The highest BCUT2D eigenvalue weighted by molar-refractivity contribution is 7.84. The van der Waals surface area contributed by atoms with Gasteiger partial charge < -0.3 is 0 Å². The molecule has 0 aliphatic heterocycles. The number of Topliss-reactive ketones (excluding diaryl/α,β-unsaturated/α-hetero) is 1. The van der Waals surface area contributed by atoms with Gasteiger partial charge in [-0.1, -0.05) is 12.1 Å². The molecule has 2 atom stereocenters. The summed E-state index contributed by atoms with van der Waals surface area (Å²) in [5.41, 5.74) is -3.47. The van der Waals surface area contributed by atoms with Crippen LogP contribution in [-0.2, 0) is 21.3 Å². The van der Waals surface area contributed by atoms with E-state index in [4.69, 9.17) is 0 Å². The van der Waals surface area contributed by atoms with Crippen LogP contribution in [0, 0.1) is 11.6 Å². The second-order valence-corrected chi connectivity index (χ2v) is 8.36. The number of halogens is 6. The first-order chi connectivity index (χ1) is 11.2. The molecule has 0 aliphatic rings. The normalized spacial score (nSPS) is 16.4. The minimum Gasteiger partial charge on any atom is -0.289 e. The van der Waals surface area contributed by atoms with E-state index < -0.39 is 63.5 Å². The van der Waals surface area contributed by atoms with Gasteiger partial charge in [0, 0.05) is 12.0 Å². The molecule has 0 fully saturated rings. The minimum atomic E-state index is -5.31. The number of carbonyl (C=O) groups is 1. The molecule has 1 N–H and O–H groups in total.